The molecule has 1 rings (SSSR count). The molecule has 0 heterocycles. The van der Waals surface area contributed by atoms with E-state index in [9.17, 15) is 4.79 Å². The molecule has 0 radical (unpaired) electrons. The minimum atomic E-state index is -0.907. The van der Waals surface area contributed by atoms with Crippen LogP contribution < -0.4 is 4.74 Å². The number of halogens is 1. The highest BCUT2D eigenvalue weighted by Gasteiger charge is 2.11. The fourth-order valence-corrected chi connectivity index (χ4v) is 4.02. The number of carbonyl (C=O) groups excluding carboxylic acids is 1. The molecule has 0 aromatic heterocycles. The zero-order valence-electron chi connectivity index (χ0n) is 15.5. The fraction of sp³-hybridized carbons (Fsp3) is 0.650. The minimum absolute atomic E-state index is 0.115. The average Bonchev–Trinajstić information content (AvgIpc) is 2.53. The van der Waals surface area contributed by atoms with E-state index in [2.05, 4.69) is 34.2 Å². The molecule has 0 fully saturated rings. The Morgan fingerprint density at radius 1 is 0.917 bits per heavy atom. The van der Waals surface area contributed by atoms with Crippen molar-refractivity contribution < 1.29 is 9.53 Å². The van der Waals surface area contributed by atoms with Crippen LogP contribution in [0.25, 0.3) is 0 Å². The smallest absolute Gasteiger partial charge is 0.311 e. The summed E-state index contributed by atoms with van der Waals surface area (Å²) in [6.07, 6.45) is 16.2. The number of hydrogen-bond acceptors (Lipinski definition) is 2. The predicted octanol–water partition coefficient (Wildman–Crippen LogP) is 7.25. The van der Waals surface area contributed by atoms with Crippen LogP contribution in [0.5, 0.6) is 5.75 Å². The molecule has 0 amide bonds. The van der Waals surface area contributed by atoms with Gasteiger partial charge < -0.3 is 4.74 Å². The van der Waals surface area contributed by atoms with E-state index in [1.165, 1.54) is 49.8 Å². The van der Waals surface area contributed by atoms with Crippen LogP contribution in [-0.4, -0.2) is 18.5 Å². The van der Waals surface area contributed by atoms with Gasteiger partial charge in [-0.2, -0.15) is 8.46 Å². The van der Waals surface area contributed by atoms with Crippen molar-refractivity contribution in [2.75, 3.05) is 12.5 Å². The predicted molar refractivity (Wildman–Crippen MR) is 111 cm³/mol. The lowest BCUT2D eigenvalue weighted by Gasteiger charge is -2.22. The van der Waals surface area contributed by atoms with Crippen molar-refractivity contribution in [2.24, 2.45) is 0 Å². The molecule has 24 heavy (non-hydrogen) atoms. The summed E-state index contributed by atoms with van der Waals surface area (Å²) < 4.78 is 5.41. The van der Waals surface area contributed by atoms with Gasteiger partial charge in [0.25, 0.3) is 0 Å². The first-order chi connectivity index (χ1) is 11.4. The molecular formula is C20H33BrO2S. The summed E-state index contributed by atoms with van der Waals surface area (Å²) in [5.74, 6) is 0.534. The van der Waals surface area contributed by atoms with E-state index in [0.29, 0.717) is 12.2 Å². The van der Waals surface area contributed by atoms with Crippen LogP contribution in [0.15, 0.2) is 29.2 Å². The molecule has 4 heteroatoms. The normalized spacial score (nSPS) is 12.2. The van der Waals surface area contributed by atoms with Crippen LogP contribution in [0.3, 0.4) is 0 Å². The molecule has 0 bridgehead atoms. The van der Waals surface area contributed by atoms with E-state index in [1.807, 2.05) is 24.3 Å². The van der Waals surface area contributed by atoms with E-state index in [1.54, 1.807) is 0 Å². The summed E-state index contributed by atoms with van der Waals surface area (Å²) in [7, 11) is -0.907. The van der Waals surface area contributed by atoms with Crippen molar-refractivity contribution in [1.29, 1.82) is 0 Å². The van der Waals surface area contributed by atoms with Gasteiger partial charge in [0, 0.05) is 6.42 Å². The summed E-state index contributed by atoms with van der Waals surface area (Å²) in [4.78, 5) is 13.1. The van der Waals surface area contributed by atoms with E-state index >= 15 is 0 Å². The Bertz CT molecular complexity index is 466. The van der Waals surface area contributed by atoms with Crippen molar-refractivity contribution in [3.8, 4) is 5.75 Å². The Balaban J connectivity index is 2.12. The summed E-state index contributed by atoms with van der Waals surface area (Å²) in [6.45, 7) is 2.25. The third-order valence-electron chi connectivity index (χ3n) is 4.10. The lowest BCUT2D eigenvalue weighted by atomic mass is 10.1. The molecule has 0 unspecified atom stereocenters. The summed E-state index contributed by atoms with van der Waals surface area (Å²) in [5, 5.41) is 0. The Morgan fingerprint density at radius 3 is 1.92 bits per heavy atom. The lowest BCUT2D eigenvalue weighted by molar-refractivity contribution is -0.134. The second-order valence-electron chi connectivity index (χ2n) is 6.73. The molecule has 2 nitrogen and oxygen atoms in total. The monoisotopic (exact) mass is 416 g/mol. The first kappa shape index (κ1) is 21.6. The van der Waals surface area contributed by atoms with Gasteiger partial charge in [0.2, 0.25) is 0 Å². The van der Waals surface area contributed by atoms with Crippen molar-refractivity contribution in [3.05, 3.63) is 24.3 Å². The highest BCUT2D eigenvalue weighted by molar-refractivity contribution is 9.58. The van der Waals surface area contributed by atoms with E-state index in [4.69, 9.17) is 4.74 Å². The van der Waals surface area contributed by atoms with Crippen molar-refractivity contribution in [2.45, 2.75) is 76.0 Å². The van der Waals surface area contributed by atoms with Gasteiger partial charge in [0.1, 0.15) is 5.75 Å². The molecule has 138 valence electrons. The molecule has 0 saturated heterocycles. The van der Waals surface area contributed by atoms with Gasteiger partial charge in [-0.25, -0.2) is 0 Å². The van der Waals surface area contributed by atoms with E-state index in [-0.39, 0.29) is 5.97 Å². The summed E-state index contributed by atoms with van der Waals surface area (Å²) in [5.41, 5.74) is 0. The van der Waals surface area contributed by atoms with Gasteiger partial charge >= 0.3 is 5.97 Å². The maximum absolute atomic E-state index is 11.9. The van der Waals surface area contributed by atoms with Gasteiger partial charge in [-0.1, -0.05) is 58.3 Å². The number of esters is 1. The third-order valence-corrected chi connectivity index (χ3v) is 6.61. The second kappa shape index (κ2) is 12.0. The number of ether oxygens (including phenoxy) is 1. The maximum atomic E-state index is 11.9. The molecule has 0 aliphatic carbocycles. The van der Waals surface area contributed by atoms with Crippen molar-refractivity contribution in [1.82, 2.24) is 0 Å². The Labute approximate surface area is 157 Å². The minimum Gasteiger partial charge on any atom is -0.427 e. The number of carbonyl (C=O) groups is 1. The van der Waals surface area contributed by atoms with Crippen LogP contribution in [0.1, 0.15) is 71.1 Å². The Hall–Kier alpha value is -0.480. The number of hydrogen-bond donors (Lipinski definition) is 0. The first-order valence-corrected chi connectivity index (χ1v) is 13.5. The van der Waals surface area contributed by atoms with Gasteiger partial charge in [-0.15, -0.1) is 0 Å². The van der Waals surface area contributed by atoms with Crippen LogP contribution in [-0.2, 0) is 4.79 Å². The van der Waals surface area contributed by atoms with Crippen LogP contribution in [0.4, 0.5) is 0 Å². The van der Waals surface area contributed by atoms with Gasteiger partial charge in [-0.05, 0) is 62.9 Å². The van der Waals surface area contributed by atoms with Crippen LogP contribution in [0, 0.1) is 0 Å². The summed E-state index contributed by atoms with van der Waals surface area (Å²) in [6, 6.07) is 7.84. The van der Waals surface area contributed by atoms with E-state index < -0.39 is 8.46 Å². The Morgan fingerprint density at radius 2 is 1.42 bits per heavy atom. The average molecular weight is 417 g/mol. The highest BCUT2D eigenvalue weighted by atomic mass is 79.9. The fourth-order valence-electron chi connectivity index (χ4n) is 2.59. The molecule has 1 aromatic carbocycles. The van der Waals surface area contributed by atoms with Gasteiger partial charge in [0.05, 0.1) is 0 Å². The number of benzene rings is 1. The van der Waals surface area contributed by atoms with Crippen LogP contribution in [0.2, 0.25) is 0 Å². The quantitative estimate of drug-likeness (QED) is 0.203. The second-order valence-corrected chi connectivity index (χ2v) is 14.5. The number of unbranched alkanes of at least 4 members (excludes halogenated alkanes) is 8. The Kier molecular flexibility index (Phi) is 10.8. The number of rotatable bonds is 12. The maximum Gasteiger partial charge on any atom is 0.311 e. The van der Waals surface area contributed by atoms with Gasteiger partial charge in [0.15, 0.2) is 0 Å². The van der Waals surface area contributed by atoms with E-state index in [0.717, 1.165) is 12.8 Å². The standard InChI is InChI=1S/C20H33BrO2S/c1-4-5-6-7-8-9-10-11-12-13-20(22)23-18-14-16-19(17-15-18)24(2,3)21/h14-17H,4-13H2,1-3H3. The SMILES string of the molecule is CCCCCCCCCCCC(=O)Oc1ccc(S(C)(C)Br)cc1. The topological polar surface area (TPSA) is 26.3 Å². The molecular weight excluding hydrogens is 384 g/mol. The third kappa shape index (κ3) is 9.73. The molecule has 0 atom stereocenters. The van der Waals surface area contributed by atoms with Gasteiger partial charge in [-0.3, -0.25) is 4.79 Å². The highest BCUT2D eigenvalue weighted by Crippen LogP contribution is 2.56. The molecule has 0 saturated carbocycles. The zero-order valence-corrected chi connectivity index (χ0v) is 17.9. The molecule has 0 spiro atoms. The molecule has 0 N–H and O–H groups in total. The zero-order chi connectivity index (χ0) is 17.8. The van der Waals surface area contributed by atoms with Crippen LogP contribution >= 0.6 is 23.3 Å². The lowest BCUT2D eigenvalue weighted by Crippen LogP contribution is -2.07. The summed E-state index contributed by atoms with van der Waals surface area (Å²) >= 11 is 3.71. The van der Waals surface area contributed by atoms with Crippen molar-refractivity contribution >= 4 is 29.2 Å². The molecule has 0 aliphatic rings. The largest absolute Gasteiger partial charge is 0.427 e. The first-order valence-electron chi connectivity index (χ1n) is 9.17. The van der Waals surface area contributed by atoms with Crippen molar-refractivity contribution in [3.63, 3.8) is 0 Å². The molecule has 0 aliphatic heterocycles. The molecule has 1 aromatic rings.